The van der Waals surface area contributed by atoms with Gasteiger partial charge in [0.05, 0.1) is 0 Å². The Balaban J connectivity index is 1.09. The molecule has 0 N–H and O–H groups in total. The van der Waals surface area contributed by atoms with E-state index in [2.05, 4.69) is 89.5 Å². The second-order valence-corrected chi connectivity index (χ2v) is 15.7. The third-order valence-electron chi connectivity index (χ3n) is 11.9. The molecular formula is C54H32N7O2+. The zero-order valence-corrected chi connectivity index (χ0v) is 33.4. The molecule has 1 unspecified atom stereocenters. The van der Waals surface area contributed by atoms with Gasteiger partial charge < -0.3 is 8.83 Å². The van der Waals surface area contributed by atoms with Crippen molar-refractivity contribution in [2.45, 2.75) is 6.17 Å². The van der Waals surface area contributed by atoms with Crippen LogP contribution < -0.4 is 15.3 Å². The highest BCUT2D eigenvalue weighted by Gasteiger charge is 2.32. The van der Waals surface area contributed by atoms with Crippen LogP contribution in [-0.2, 0) is 0 Å². The van der Waals surface area contributed by atoms with Crippen molar-refractivity contribution in [1.82, 2.24) is 29.5 Å². The molecule has 0 aliphatic carbocycles. The van der Waals surface area contributed by atoms with Crippen LogP contribution in [0.1, 0.15) is 11.7 Å². The molecule has 1 aliphatic rings. The number of fused-ring (bicyclic) bond motifs is 9. The Kier molecular flexibility index (Phi) is 7.76. The maximum atomic E-state index is 6.37. The van der Waals surface area contributed by atoms with Gasteiger partial charge in [-0.1, -0.05) is 121 Å². The number of hydrogen-bond donors (Lipinski definition) is 0. The van der Waals surface area contributed by atoms with Crippen LogP contribution in [0.3, 0.4) is 0 Å². The average Bonchev–Trinajstić information content (AvgIpc) is 4.10. The highest BCUT2D eigenvalue weighted by molar-refractivity contribution is 6.25. The van der Waals surface area contributed by atoms with Crippen molar-refractivity contribution in [3.05, 3.63) is 204 Å². The fraction of sp³-hybridized carbons (Fsp3) is 0.0185. The van der Waals surface area contributed by atoms with E-state index >= 15 is 0 Å². The van der Waals surface area contributed by atoms with Crippen molar-refractivity contribution in [3.8, 4) is 45.7 Å². The normalized spacial score (nSPS) is 13.7. The largest absolute Gasteiger partial charge is 0.439 e. The molecule has 0 saturated heterocycles. The van der Waals surface area contributed by atoms with Crippen LogP contribution in [0.25, 0.3) is 100 Å². The van der Waals surface area contributed by atoms with Gasteiger partial charge in [0.15, 0.2) is 11.2 Å². The van der Waals surface area contributed by atoms with Crippen molar-refractivity contribution >= 4 is 60.5 Å². The highest BCUT2D eigenvalue weighted by atomic mass is 16.4. The van der Waals surface area contributed by atoms with Gasteiger partial charge in [-0.05, 0) is 109 Å². The van der Waals surface area contributed by atoms with Gasteiger partial charge in [-0.25, -0.2) is 15.0 Å². The van der Waals surface area contributed by atoms with Crippen LogP contribution in [0.4, 0.5) is 5.95 Å². The Morgan fingerprint density at radius 1 is 0.381 bits per heavy atom. The zero-order valence-electron chi connectivity index (χ0n) is 33.4. The van der Waals surface area contributed by atoms with E-state index in [4.69, 9.17) is 38.7 Å². The van der Waals surface area contributed by atoms with E-state index in [1.165, 1.54) is 16.2 Å². The Labute approximate surface area is 358 Å². The molecule has 13 rings (SSSR count). The van der Waals surface area contributed by atoms with Gasteiger partial charge in [0.25, 0.3) is 0 Å². The molecule has 12 aromatic rings. The lowest BCUT2D eigenvalue weighted by Crippen LogP contribution is -2.32. The summed E-state index contributed by atoms with van der Waals surface area (Å²) in [4.78, 5) is 31.0. The summed E-state index contributed by atoms with van der Waals surface area (Å²) in [7, 11) is 0. The molecule has 0 radical (unpaired) electrons. The Bertz CT molecular complexity index is 3760. The lowest BCUT2D eigenvalue weighted by Gasteiger charge is -2.13. The van der Waals surface area contributed by atoms with E-state index in [9.17, 15) is 0 Å². The van der Waals surface area contributed by atoms with Crippen molar-refractivity contribution in [3.63, 3.8) is 0 Å². The van der Waals surface area contributed by atoms with Gasteiger partial charge in [-0.2, -0.15) is 9.56 Å². The molecule has 9 aromatic carbocycles. The van der Waals surface area contributed by atoms with Gasteiger partial charge in [0.1, 0.15) is 21.7 Å². The van der Waals surface area contributed by atoms with Crippen LogP contribution in [0, 0.1) is 0 Å². The first-order valence-corrected chi connectivity index (χ1v) is 20.8. The molecule has 0 amide bonds. The van der Waals surface area contributed by atoms with Crippen molar-refractivity contribution < 1.29 is 8.83 Å². The lowest BCUT2D eigenvalue weighted by molar-refractivity contribution is 0.569. The summed E-state index contributed by atoms with van der Waals surface area (Å²) < 4.78 is 14.8. The van der Waals surface area contributed by atoms with Gasteiger partial charge in [0.2, 0.25) is 29.6 Å². The molecule has 294 valence electrons. The van der Waals surface area contributed by atoms with E-state index in [0.717, 1.165) is 60.2 Å². The fourth-order valence-electron chi connectivity index (χ4n) is 8.94. The summed E-state index contributed by atoms with van der Waals surface area (Å²) in [6.07, 6.45) is -0.417. The summed E-state index contributed by atoms with van der Waals surface area (Å²) >= 11 is 0. The van der Waals surface area contributed by atoms with Crippen LogP contribution in [0.2, 0.25) is 0 Å². The highest BCUT2D eigenvalue weighted by Crippen LogP contribution is 2.39. The summed E-state index contributed by atoms with van der Waals surface area (Å²) in [5.74, 6) is 2.33. The summed E-state index contributed by atoms with van der Waals surface area (Å²) in [6.45, 7) is 0. The molecule has 0 saturated carbocycles. The predicted molar refractivity (Wildman–Crippen MR) is 247 cm³/mol. The summed E-state index contributed by atoms with van der Waals surface area (Å²) in [6, 6.07) is 63.6. The van der Waals surface area contributed by atoms with E-state index in [1.807, 2.05) is 103 Å². The number of para-hydroxylation sites is 6. The zero-order chi connectivity index (χ0) is 41.4. The van der Waals surface area contributed by atoms with Crippen LogP contribution >= 0.6 is 0 Å². The monoisotopic (exact) mass is 810 g/mol. The standard InChI is InChI=1S/C54H32N7O2/c1-2-14-32(15-3-1)51-55-43-20-8-11-23-46(43)61(51)54-59-49(33-26-27-41-39-18-5-4-16-37(39)38-17-6-7-19-40(38)42(41)31-33)58-50(60-54)34-28-35(52-56-44-21-9-12-24-47(44)62-52)30-36(29-34)53-57-45-22-10-13-25-48(45)63-53/h1-31,51H/q+1. The third-order valence-corrected chi connectivity index (χ3v) is 11.9. The molecule has 9 nitrogen and oxygen atoms in total. The minimum atomic E-state index is -0.417. The molecule has 3 aromatic heterocycles. The van der Waals surface area contributed by atoms with Crippen LogP contribution in [-0.4, -0.2) is 24.9 Å². The maximum Gasteiger partial charge on any atom is 0.439 e. The first kappa shape index (κ1) is 35.1. The first-order valence-electron chi connectivity index (χ1n) is 20.8. The van der Waals surface area contributed by atoms with Gasteiger partial charge >= 0.3 is 5.95 Å². The van der Waals surface area contributed by atoms with Crippen LogP contribution in [0.15, 0.2) is 202 Å². The van der Waals surface area contributed by atoms with Crippen molar-refractivity contribution in [2.75, 3.05) is 0 Å². The minimum absolute atomic E-state index is 0.417. The quantitative estimate of drug-likeness (QED) is 0.122. The summed E-state index contributed by atoms with van der Waals surface area (Å²) in [5.41, 5.74) is 6.89. The summed E-state index contributed by atoms with van der Waals surface area (Å²) in [5, 5.41) is 8.80. The van der Waals surface area contributed by atoms with Crippen molar-refractivity contribution in [1.29, 1.82) is 0 Å². The number of rotatable bonds is 6. The SMILES string of the molecule is c1ccc(C2N=c3ccccc3=[N+]2c2nc(-c3cc(-c4nc5ccccc5o4)cc(-c4nc5ccccc5o4)c3)nc(-c3ccc4c5ccccc5c5ccccc5c4c3)n2)cc1. The molecule has 0 spiro atoms. The number of aromatic nitrogens is 5. The average molecular weight is 811 g/mol. The fourth-order valence-corrected chi connectivity index (χ4v) is 8.94. The van der Waals surface area contributed by atoms with Gasteiger partial charge in [-0.15, -0.1) is 0 Å². The molecule has 0 bridgehead atoms. The molecular weight excluding hydrogens is 779 g/mol. The van der Waals surface area contributed by atoms with E-state index in [1.54, 1.807) is 0 Å². The molecule has 0 fully saturated rings. The van der Waals surface area contributed by atoms with E-state index < -0.39 is 6.17 Å². The maximum absolute atomic E-state index is 6.37. The lowest BCUT2D eigenvalue weighted by atomic mass is 9.93. The minimum Gasteiger partial charge on any atom is -0.436 e. The Morgan fingerprint density at radius 2 is 0.889 bits per heavy atom. The number of nitrogens with zero attached hydrogens (tertiary/aromatic N) is 7. The first-order chi connectivity index (χ1) is 31.2. The molecule has 1 aliphatic heterocycles. The topological polar surface area (TPSA) is 106 Å². The molecule has 4 heterocycles. The van der Waals surface area contributed by atoms with E-state index in [0.29, 0.717) is 46.1 Å². The van der Waals surface area contributed by atoms with Crippen molar-refractivity contribution in [2.24, 2.45) is 4.99 Å². The Morgan fingerprint density at radius 3 is 1.52 bits per heavy atom. The second-order valence-electron chi connectivity index (χ2n) is 15.7. The molecule has 1 atom stereocenters. The van der Waals surface area contributed by atoms with Gasteiger partial charge in [-0.3, -0.25) is 0 Å². The third kappa shape index (κ3) is 5.82. The molecule has 9 heteroatoms. The van der Waals surface area contributed by atoms with Crippen LogP contribution in [0.5, 0.6) is 0 Å². The smallest absolute Gasteiger partial charge is 0.436 e. The predicted octanol–water partition coefficient (Wildman–Crippen LogP) is 11.4. The second kappa shape index (κ2) is 13.9. The van der Waals surface area contributed by atoms with Gasteiger partial charge in [0, 0.05) is 27.8 Å². The number of oxazole rings is 2. The number of hydrogen-bond acceptors (Lipinski definition) is 8. The van der Waals surface area contributed by atoms with E-state index in [-0.39, 0.29) is 0 Å². The number of benzene rings is 9. The Hall–Kier alpha value is -8.69. The molecule has 63 heavy (non-hydrogen) atoms.